The molecule has 8 nitrogen and oxygen atoms in total. The number of carbonyl (C=O) groups excluding carboxylic acids is 2. The molecule has 1 N–H and O–H groups in total. The van der Waals surface area contributed by atoms with Crippen molar-refractivity contribution < 1.29 is 28.9 Å². The van der Waals surface area contributed by atoms with E-state index < -0.39 is 11.9 Å². The molecule has 3 aromatic rings. The largest absolute Gasteiger partial charge is 0.506 e. The minimum absolute atomic E-state index is 0.0173. The Morgan fingerprint density at radius 2 is 1.88 bits per heavy atom. The lowest BCUT2D eigenvalue weighted by molar-refractivity contribution is -0.138. The molecule has 0 aliphatic carbocycles. The van der Waals surface area contributed by atoms with Crippen molar-refractivity contribution in [1.82, 2.24) is 0 Å². The fraction of sp³-hybridized carbons (Fsp3) is 0.133. The number of thioether (sulfide) groups is 1. The lowest BCUT2D eigenvalue weighted by atomic mass is 10.1. The molecule has 3 aromatic carbocycles. The molecule has 4 rings (SSSR count). The summed E-state index contributed by atoms with van der Waals surface area (Å²) >= 11 is 10.6. The van der Waals surface area contributed by atoms with Gasteiger partial charge in [-0.15, -0.1) is 0 Å². The average Bonchev–Trinajstić information content (AvgIpc) is 3.27. The Balaban J connectivity index is 1.68. The first-order valence-electron chi connectivity index (χ1n) is 12.1. The molecule has 11 heteroatoms. The number of amides is 1. The van der Waals surface area contributed by atoms with E-state index in [-0.39, 0.29) is 45.1 Å². The highest BCUT2D eigenvalue weighted by Crippen LogP contribution is 2.42. The van der Waals surface area contributed by atoms with E-state index in [2.05, 4.69) is 27.0 Å². The van der Waals surface area contributed by atoms with Gasteiger partial charge >= 0.3 is 5.97 Å². The molecule has 0 spiro atoms. The molecule has 1 amide bonds. The number of ether oxygens (including phenoxy) is 3. The Labute approximate surface area is 254 Å². The highest BCUT2D eigenvalue weighted by Gasteiger charge is 2.34. The molecule has 208 valence electrons. The molecule has 0 saturated carbocycles. The molecule has 0 saturated heterocycles. The summed E-state index contributed by atoms with van der Waals surface area (Å²) in [5.41, 5.74) is 1.75. The van der Waals surface area contributed by atoms with Crippen molar-refractivity contribution in [2.24, 2.45) is 4.99 Å². The van der Waals surface area contributed by atoms with E-state index in [0.29, 0.717) is 27.1 Å². The van der Waals surface area contributed by atoms with Gasteiger partial charge < -0.3 is 19.3 Å². The molecule has 1 heterocycles. The number of rotatable bonds is 8. The van der Waals surface area contributed by atoms with Crippen LogP contribution in [0.1, 0.15) is 34.0 Å². The van der Waals surface area contributed by atoms with Gasteiger partial charge in [-0.3, -0.25) is 4.79 Å². The molecule has 0 unspecified atom stereocenters. The van der Waals surface area contributed by atoms with Crippen molar-refractivity contribution in [2.75, 3.05) is 13.7 Å². The molecule has 0 atom stereocenters. The summed E-state index contributed by atoms with van der Waals surface area (Å²) in [5, 5.41) is 20.6. The number of methoxy groups -OCH3 is 1. The zero-order chi connectivity index (χ0) is 29.5. The summed E-state index contributed by atoms with van der Waals surface area (Å²) in [6, 6.07) is 19.1. The summed E-state index contributed by atoms with van der Waals surface area (Å²) in [5.74, 6) is -1.04. The number of nitriles is 1. The normalized spacial score (nSPS) is 14.7. The van der Waals surface area contributed by atoms with Gasteiger partial charge in [0.1, 0.15) is 23.0 Å². The van der Waals surface area contributed by atoms with E-state index in [4.69, 9.17) is 25.8 Å². The van der Waals surface area contributed by atoms with Crippen molar-refractivity contribution in [3.05, 3.63) is 109 Å². The summed E-state index contributed by atoms with van der Waals surface area (Å²) in [6.45, 7) is 1.84. The number of aliphatic imine (C=N–C) groups is 1. The summed E-state index contributed by atoms with van der Waals surface area (Å²) < 4.78 is 17.2. The van der Waals surface area contributed by atoms with E-state index in [1.807, 2.05) is 12.1 Å². The summed E-state index contributed by atoms with van der Waals surface area (Å²) in [4.78, 5) is 30.0. The second-order valence-electron chi connectivity index (χ2n) is 8.34. The summed E-state index contributed by atoms with van der Waals surface area (Å²) in [6.07, 6.45) is 1.61. The third kappa shape index (κ3) is 6.82. The number of aliphatic hydroxyl groups excluding tert-OH is 1. The maximum atomic E-state index is 12.9. The van der Waals surface area contributed by atoms with Crippen molar-refractivity contribution in [2.45, 2.75) is 13.5 Å². The van der Waals surface area contributed by atoms with Gasteiger partial charge in [0.2, 0.25) is 0 Å². The second-order valence-corrected chi connectivity index (χ2v) is 10.6. The van der Waals surface area contributed by atoms with Crippen LogP contribution in [0.4, 0.5) is 0 Å². The van der Waals surface area contributed by atoms with Crippen LogP contribution in [0.3, 0.4) is 0 Å². The van der Waals surface area contributed by atoms with Crippen LogP contribution in [0, 0.1) is 11.3 Å². The first-order valence-corrected chi connectivity index (χ1v) is 14.1. The van der Waals surface area contributed by atoms with Gasteiger partial charge in [-0.2, -0.15) is 5.26 Å². The number of carbonyl (C=O) groups is 2. The van der Waals surface area contributed by atoms with Gasteiger partial charge in [-0.05, 0) is 48.9 Å². The van der Waals surface area contributed by atoms with Gasteiger partial charge in [0, 0.05) is 10.0 Å². The highest BCUT2D eigenvalue weighted by atomic mass is 79.9. The Morgan fingerprint density at radius 1 is 1.15 bits per heavy atom. The Bertz CT molecular complexity index is 1660. The quantitative estimate of drug-likeness (QED) is 0.252. The van der Waals surface area contributed by atoms with E-state index in [1.165, 1.54) is 13.2 Å². The number of nitrogens with zero attached hydrogens (tertiary/aromatic N) is 2. The number of esters is 1. The van der Waals surface area contributed by atoms with Crippen LogP contribution in [-0.2, 0) is 16.1 Å². The molecule has 1 aliphatic rings. The Hall–Kier alpha value is -4.04. The predicted octanol–water partition coefficient (Wildman–Crippen LogP) is 7.26. The van der Waals surface area contributed by atoms with Crippen LogP contribution in [0.2, 0.25) is 5.02 Å². The zero-order valence-corrected chi connectivity index (χ0v) is 25.0. The SMILES string of the molecule is CCOC(=O)C1=C(O)/C(=C/c2cc(OC)c(OCc3ccccc3C#N)cc2Br)SC1=NC(=O)c1ccccc1Cl. The topological polar surface area (TPSA) is 118 Å². The second kappa shape index (κ2) is 13.5. The van der Waals surface area contributed by atoms with Crippen LogP contribution in [0.25, 0.3) is 6.08 Å². The average molecular weight is 654 g/mol. The van der Waals surface area contributed by atoms with E-state index in [1.54, 1.807) is 55.5 Å². The standard InChI is InChI=1S/C30H22BrClN2O6S/c1-3-39-30(37)26-27(35)25(41-29(26)34-28(36)20-10-6-7-11-22(20)32)13-19-12-23(38-2)24(14-21(19)31)40-16-18-9-5-4-8-17(18)15-33/h4-14,35H,3,16H2,1-2H3/b25-13-,34-29?. The third-order valence-corrected chi connectivity index (χ3v) is 7.80. The van der Waals surface area contributed by atoms with Crippen LogP contribution in [0.5, 0.6) is 11.5 Å². The Morgan fingerprint density at radius 3 is 2.59 bits per heavy atom. The first kappa shape index (κ1) is 29.9. The molecule has 0 fully saturated rings. The van der Waals surface area contributed by atoms with Gasteiger partial charge in [0.15, 0.2) is 11.5 Å². The smallest absolute Gasteiger partial charge is 0.344 e. The van der Waals surface area contributed by atoms with E-state index >= 15 is 0 Å². The molecule has 0 radical (unpaired) electrons. The maximum Gasteiger partial charge on any atom is 0.344 e. The molecule has 0 bridgehead atoms. The molecular weight excluding hydrogens is 632 g/mol. The maximum absolute atomic E-state index is 12.9. The van der Waals surface area contributed by atoms with Gasteiger partial charge in [-0.25, -0.2) is 9.79 Å². The Kier molecular flexibility index (Phi) is 9.89. The monoisotopic (exact) mass is 652 g/mol. The van der Waals surface area contributed by atoms with Gasteiger partial charge in [0.05, 0.1) is 40.8 Å². The molecular formula is C30H22BrClN2O6S. The fourth-order valence-electron chi connectivity index (χ4n) is 3.76. The number of halogens is 2. The van der Waals surface area contributed by atoms with Crippen LogP contribution >= 0.6 is 39.3 Å². The van der Waals surface area contributed by atoms with Crippen molar-refractivity contribution in [3.63, 3.8) is 0 Å². The third-order valence-electron chi connectivity index (χ3n) is 5.77. The van der Waals surface area contributed by atoms with E-state index in [0.717, 1.165) is 17.3 Å². The number of hydrogen-bond donors (Lipinski definition) is 1. The zero-order valence-electron chi connectivity index (χ0n) is 21.8. The van der Waals surface area contributed by atoms with Crippen molar-refractivity contribution >= 4 is 62.3 Å². The number of aliphatic hydroxyl groups is 1. The van der Waals surface area contributed by atoms with Crippen LogP contribution in [-0.4, -0.2) is 35.7 Å². The lowest BCUT2D eigenvalue weighted by Crippen LogP contribution is -2.14. The van der Waals surface area contributed by atoms with Crippen molar-refractivity contribution in [3.8, 4) is 17.6 Å². The van der Waals surface area contributed by atoms with Gasteiger partial charge in [0.25, 0.3) is 5.91 Å². The minimum atomic E-state index is -0.815. The molecule has 41 heavy (non-hydrogen) atoms. The van der Waals surface area contributed by atoms with E-state index in [9.17, 15) is 20.0 Å². The first-order chi connectivity index (χ1) is 19.8. The molecule has 0 aromatic heterocycles. The van der Waals surface area contributed by atoms with Gasteiger partial charge in [-0.1, -0.05) is 69.6 Å². The van der Waals surface area contributed by atoms with Crippen LogP contribution < -0.4 is 9.47 Å². The predicted molar refractivity (Wildman–Crippen MR) is 161 cm³/mol. The molecule has 1 aliphatic heterocycles. The summed E-state index contributed by atoms with van der Waals surface area (Å²) in [7, 11) is 1.49. The fourth-order valence-corrected chi connectivity index (χ4v) is 5.42. The highest BCUT2D eigenvalue weighted by molar-refractivity contribution is 9.10. The minimum Gasteiger partial charge on any atom is -0.506 e. The number of benzene rings is 3. The number of hydrogen-bond acceptors (Lipinski definition) is 8. The van der Waals surface area contributed by atoms with Crippen molar-refractivity contribution in [1.29, 1.82) is 5.26 Å². The lowest BCUT2D eigenvalue weighted by Gasteiger charge is -2.14. The van der Waals surface area contributed by atoms with Crippen LogP contribution in [0.15, 0.2) is 86.4 Å².